The van der Waals surface area contributed by atoms with Crippen molar-refractivity contribution in [1.82, 2.24) is 5.32 Å². The number of nitrogens with one attached hydrogen (secondary N) is 1. The van der Waals surface area contributed by atoms with Crippen molar-refractivity contribution in [2.24, 2.45) is 17.3 Å². The van der Waals surface area contributed by atoms with E-state index >= 15 is 0 Å². The zero-order valence-electron chi connectivity index (χ0n) is 12.2. The second-order valence-electron chi connectivity index (χ2n) is 7.26. The predicted molar refractivity (Wildman–Crippen MR) is 86.3 cm³/mol. The Bertz CT molecular complexity index is 442. The molecule has 3 saturated carbocycles. The molecular weight excluding hydrogens is 266 g/mol. The summed E-state index contributed by atoms with van der Waals surface area (Å²) < 4.78 is 0. The fourth-order valence-electron chi connectivity index (χ4n) is 4.69. The molecule has 0 saturated heterocycles. The SMILES string of the molecule is Cl.c1ccc(CC2(CNC3CC3)CC3CCC2C3)cc1. The smallest absolute Gasteiger partial charge is 0.00684 e. The zero-order chi connectivity index (χ0) is 12.7. The molecular formula is C18H26ClN. The summed E-state index contributed by atoms with van der Waals surface area (Å²) in [7, 11) is 0. The molecule has 3 fully saturated rings. The number of benzene rings is 1. The van der Waals surface area contributed by atoms with Crippen molar-refractivity contribution in [3.63, 3.8) is 0 Å². The average Bonchev–Trinajstić information content (AvgIpc) is 3.07. The summed E-state index contributed by atoms with van der Waals surface area (Å²) in [6.07, 6.45) is 10.1. The summed E-state index contributed by atoms with van der Waals surface area (Å²) in [6.45, 7) is 1.27. The number of hydrogen-bond acceptors (Lipinski definition) is 1. The summed E-state index contributed by atoms with van der Waals surface area (Å²) in [6, 6.07) is 12.0. The highest BCUT2D eigenvalue weighted by Crippen LogP contribution is 2.57. The van der Waals surface area contributed by atoms with E-state index in [1.165, 1.54) is 51.5 Å². The minimum absolute atomic E-state index is 0. The number of fused-ring (bicyclic) bond motifs is 2. The van der Waals surface area contributed by atoms with Gasteiger partial charge in [0.1, 0.15) is 0 Å². The molecule has 4 rings (SSSR count). The maximum Gasteiger partial charge on any atom is 0.00684 e. The second-order valence-corrected chi connectivity index (χ2v) is 7.26. The van der Waals surface area contributed by atoms with Crippen LogP contribution in [0.5, 0.6) is 0 Å². The van der Waals surface area contributed by atoms with Gasteiger partial charge < -0.3 is 5.32 Å². The molecule has 3 aliphatic carbocycles. The lowest BCUT2D eigenvalue weighted by Crippen LogP contribution is -2.41. The number of hydrogen-bond donors (Lipinski definition) is 1. The van der Waals surface area contributed by atoms with Gasteiger partial charge in [-0.3, -0.25) is 0 Å². The first-order valence-electron chi connectivity index (χ1n) is 8.11. The monoisotopic (exact) mass is 291 g/mol. The molecule has 1 nitrogen and oxygen atoms in total. The Balaban J connectivity index is 0.00000121. The van der Waals surface area contributed by atoms with Crippen LogP contribution in [0.3, 0.4) is 0 Å². The topological polar surface area (TPSA) is 12.0 Å². The molecule has 3 atom stereocenters. The summed E-state index contributed by atoms with van der Waals surface area (Å²) in [4.78, 5) is 0. The van der Waals surface area contributed by atoms with Gasteiger partial charge in [-0.15, -0.1) is 12.4 Å². The fourth-order valence-corrected chi connectivity index (χ4v) is 4.69. The molecule has 2 bridgehead atoms. The van der Waals surface area contributed by atoms with Crippen LogP contribution in [0, 0.1) is 17.3 Å². The largest absolute Gasteiger partial charge is 0.313 e. The normalized spacial score (nSPS) is 35.0. The van der Waals surface area contributed by atoms with E-state index in [2.05, 4.69) is 35.6 Å². The number of halogens is 1. The van der Waals surface area contributed by atoms with Crippen molar-refractivity contribution in [3.05, 3.63) is 35.9 Å². The Kier molecular flexibility index (Phi) is 4.10. The Labute approximate surface area is 128 Å². The quantitative estimate of drug-likeness (QED) is 0.857. The fraction of sp³-hybridized carbons (Fsp3) is 0.667. The molecule has 3 aliphatic rings. The second kappa shape index (κ2) is 5.69. The van der Waals surface area contributed by atoms with Crippen LogP contribution < -0.4 is 5.32 Å². The van der Waals surface area contributed by atoms with Crippen LogP contribution in [0.15, 0.2) is 30.3 Å². The van der Waals surface area contributed by atoms with Crippen molar-refractivity contribution in [2.45, 2.75) is 51.0 Å². The van der Waals surface area contributed by atoms with E-state index in [0.717, 1.165) is 17.9 Å². The molecule has 2 heteroatoms. The highest BCUT2D eigenvalue weighted by Gasteiger charge is 2.50. The molecule has 110 valence electrons. The van der Waals surface area contributed by atoms with Gasteiger partial charge in [-0.2, -0.15) is 0 Å². The van der Waals surface area contributed by atoms with Gasteiger partial charge in [-0.25, -0.2) is 0 Å². The summed E-state index contributed by atoms with van der Waals surface area (Å²) in [5.41, 5.74) is 2.12. The Morgan fingerprint density at radius 3 is 2.45 bits per heavy atom. The van der Waals surface area contributed by atoms with Crippen molar-refractivity contribution in [1.29, 1.82) is 0 Å². The third kappa shape index (κ3) is 2.76. The molecule has 0 radical (unpaired) electrons. The van der Waals surface area contributed by atoms with E-state index in [0.29, 0.717) is 5.41 Å². The van der Waals surface area contributed by atoms with Gasteiger partial charge in [0.25, 0.3) is 0 Å². The van der Waals surface area contributed by atoms with Gasteiger partial charge >= 0.3 is 0 Å². The van der Waals surface area contributed by atoms with Crippen LogP contribution in [0.4, 0.5) is 0 Å². The minimum Gasteiger partial charge on any atom is -0.313 e. The van der Waals surface area contributed by atoms with Crippen LogP contribution in [-0.4, -0.2) is 12.6 Å². The van der Waals surface area contributed by atoms with Gasteiger partial charge in [0.2, 0.25) is 0 Å². The lowest BCUT2D eigenvalue weighted by atomic mass is 9.69. The maximum absolute atomic E-state index is 3.84. The van der Waals surface area contributed by atoms with E-state index in [1.807, 2.05) is 0 Å². The first-order chi connectivity index (χ1) is 9.34. The van der Waals surface area contributed by atoms with E-state index in [1.54, 1.807) is 5.56 Å². The standard InChI is InChI=1S/C18H25N.ClH/c1-2-4-14(5-3-1)11-18(13-19-17-8-9-17)12-15-6-7-16(18)10-15;/h1-5,15-17,19H,6-13H2;1H. The molecule has 0 aliphatic heterocycles. The number of rotatable bonds is 5. The molecule has 1 aromatic carbocycles. The molecule has 0 amide bonds. The van der Waals surface area contributed by atoms with E-state index in [4.69, 9.17) is 0 Å². The average molecular weight is 292 g/mol. The predicted octanol–water partition coefficient (Wildman–Crippen LogP) is 4.21. The molecule has 0 aromatic heterocycles. The summed E-state index contributed by atoms with van der Waals surface area (Å²) in [5, 5.41) is 3.84. The third-order valence-electron chi connectivity index (χ3n) is 5.82. The van der Waals surface area contributed by atoms with Crippen molar-refractivity contribution < 1.29 is 0 Å². The van der Waals surface area contributed by atoms with Gasteiger partial charge in [0.15, 0.2) is 0 Å². The first kappa shape index (κ1) is 14.4. The summed E-state index contributed by atoms with van der Waals surface area (Å²) in [5.74, 6) is 2.03. The van der Waals surface area contributed by atoms with Crippen LogP contribution >= 0.6 is 12.4 Å². The lowest BCUT2D eigenvalue weighted by molar-refractivity contribution is 0.155. The van der Waals surface area contributed by atoms with Crippen molar-refractivity contribution >= 4 is 12.4 Å². The zero-order valence-corrected chi connectivity index (χ0v) is 13.0. The van der Waals surface area contributed by atoms with Crippen LogP contribution in [0.25, 0.3) is 0 Å². The lowest BCUT2D eigenvalue weighted by Gasteiger charge is -2.38. The van der Waals surface area contributed by atoms with E-state index < -0.39 is 0 Å². The van der Waals surface area contributed by atoms with Crippen LogP contribution in [-0.2, 0) is 6.42 Å². The van der Waals surface area contributed by atoms with Gasteiger partial charge in [0.05, 0.1) is 0 Å². The van der Waals surface area contributed by atoms with E-state index in [-0.39, 0.29) is 12.4 Å². The Hall–Kier alpha value is -0.530. The highest BCUT2D eigenvalue weighted by molar-refractivity contribution is 5.85. The molecule has 1 N–H and O–H groups in total. The van der Waals surface area contributed by atoms with E-state index in [9.17, 15) is 0 Å². The molecule has 20 heavy (non-hydrogen) atoms. The maximum atomic E-state index is 3.84. The third-order valence-corrected chi connectivity index (χ3v) is 5.82. The summed E-state index contributed by atoms with van der Waals surface area (Å²) >= 11 is 0. The van der Waals surface area contributed by atoms with Crippen LogP contribution in [0.1, 0.15) is 44.1 Å². The molecule has 3 unspecified atom stereocenters. The Morgan fingerprint density at radius 2 is 1.85 bits per heavy atom. The molecule has 0 heterocycles. The highest BCUT2D eigenvalue weighted by atomic mass is 35.5. The first-order valence-corrected chi connectivity index (χ1v) is 8.11. The minimum atomic E-state index is 0. The van der Waals surface area contributed by atoms with Gasteiger partial charge in [-0.1, -0.05) is 36.8 Å². The Morgan fingerprint density at radius 1 is 1.05 bits per heavy atom. The molecule has 1 aromatic rings. The van der Waals surface area contributed by atoms with Crippen molar-refractivity contribution in [2.75, 3.05) is 6.54 Å². The van der Waals surface area contributed by atoms with Gasteiger partial charge in [-0.05, 0) is 61.3 Å². The molecule has 0 spiro atoms. The van der Waals surface area contributed by atoms with Gasteiger partial charge in [0, 0.05) is 12.6 Å². The van der Waals surface area contributed by atoms with Crippen molar-refractivity contribution in [3.8, 4) is 0 Å². The van der Waals surface area contributed by atoms with Crippen LogP contribution in [0.2, 0.25) is 0 Å².